The van der Waals surface area contributed by atoms with Gasteiger partial charge < -0.3 is 9.47 Å². The largest absolute Gasteiger partial charge is 0.382 e. The maximum absolute atomic E-state index is 5.13. The Kier molecular flexibility index (Phi) is 7.26. The van der Waals surface area contributed by atoms with Crippen LogP contribution in [0.2, 0.25) is 6.04 Å². The van der Waals surface area contributed by atoms with Crippen LogP contribution in [0.5, 0.6) is 0 Å². The van der Waals surface area contributed by atoms with Crippen LogP contribution in [-0.2, 0) is 9.47 Å². The lowest BCUT2D eigenvalue weighted by Gasteiger charge is -1.98. The molecular formula is C5H14O2Si. The van der Waals surface area contributed by atoms with Crippen LogP contribution < -0.4 is 0 Å². The molecule has 8 heavy (non-hydrogen) atoms. The minimum atomic E-state index is 0.724. The van der Waals surface area contributed by atoms with E-state index in [1.807, 2.05) is 0 Å². The number of methoxy groups -OCH3 is 1. The molecule has 2 nitrogen and oxygen atoms in total. The molecule has 0 amide bonds. The van der Waals surface area contributed by atoms with Crippen LogP contribution in [0.1, 0.15) is 0 Å². The van der Waals surface area contributed by atoms with Crippen molar-refractivity contribution >= 4 is 10.2 Å². The molecule has 0 aromatic heterocycles. The molecule has 0 aromatic carbocycles. The van der Waals surface area contributed by atoms with Gasteiger partial charge in [0.15, 0.2) is 0 Å². The Morgan fingerprint density at radius 2 is 2.00 bits per heavy atom. The van der Waals surface area contributed by atoms with E-state index in [0.29, 0.717) is 0 Å². The van der Waals surface area contributed by atoms with Gasteiger partial charge in [-0.15, -0.1) is 0 Å². The van der Waals surface area contributed by atoms with Gasteiger partial charge in [0, 0.05) is 24.0 Å². The maximum Gasteiger partial charge on any atom is 0.0700 e. The van der Waals surface area contributed by atoms with Crippen molar-refractivity contribution in [2.75, 3.05) is 26.9 Å². The van der Waals surface area contributed by atoms with E-state index in [1.165, 1.54) is 16.3 Å². The Morgan fingerprint density at radius 3 is 2.50 bits per heavy atom. The summed E-state index contributed by atoms with van der Waals surface area (Å²) in [5.41, 5.74) is 0. The zero-order valence-electron chi connectivity index (χ0n) is 5.64. The van der Waals surface area contributed by atoms with E-state index in [0.717, 1.165) is 19.8 Å². The zero-order chi connectivity index (χ0) is 6.24. The number of hydrogen-bond donors (Lipinski definition) is 0. The number of rotatable bonds is 5. The lowest BCUT2D eigenvalue weighted by atomic mass is 10.7. The van der Waals surface area contributed by atoms with Crippen LogP contribution in [0.25, 0.3) is 0 Å². The molecule has 0 radical (unpaired) electrons. The van der Waals surface area contributed by atoms with Gasteiger partial charge >= 0.3 is 0 Å². The van der Waals surface area contributed by atoms with Crippen molar-refractivity contribution in [2.24, 2.45) is 0 Å². The molecule has 3 heteroatoms. The van der Waals surface area contributed by atoms with Crippen molar-refractivity contribution in [3.63, 3.8) is 0 Å². The standard InChI is InChI=1S/C5H14O2Si/c1-6-2-3-7-4-5-8/h2-5H2,1,8H3. The maximum atomic E-state index is 5.13. The fraction of sp³-hybridized carbons (Fsp3) is 1.00. The summed E-state index contributed by atoms with van der Waals surface area (Å²) in [4.78, 5) is 0. The molecule has 0 unspecified atom stereocenters. The van der Waals surface area contributed by atoms with Gasteiger partial charge in [-0.2, -0.15) is 0 Å². The summed E-state index contributed by atoms with van der Waals surface area (Å²) < 4.78 is 9.91. The Hall–Kier alpha value is 0.137. The predicted molar refractivity (Wildman–Crippen MR) is 37.4 cm³/mol. The highest BCUT2D eigenvalue weighted by atomic mass is 28.1. The highest BCUT2D eigenvalue weighted by Crippen LogP contribution is 1.77. The second kappa shape index (κ2) is 7.14. The lowest BCUT2D eigenvalue weighted by molar-refractivity contribution is 0.0778. The first-order valence-electron chi connectivity index (χ1n) is 2.98. The predicted octanol–water partition coefficient (Wildman–Crippen LogP) is -0.567. The summed E-state index contributed by atoms with van der Waals surface area (Å²) in [6, 6.07) is 1.23. The highest BCUT2D eigenvalue weighted by Gasteiger charge is 1.81. The summed E-state index contributed by atoms with van der Waals surface area (Å²) in [5.74, 6) is 0. The molecule has 50 valence electrons. The average Bonchev–Trinajstić information content (AvgIpc) is 1.81. The van der Waals surface area contributed by atoms with Gasteiger partial charge in [-0.1, -0.05) is 0 Å². The molecule has 0 aliphatic rings. The van der Waals surface area contributed by atoms with Crippen LogP contribution in [0, 0.1) is 0 Å². The second-order valence-corrected chi connectivity index (χ2v) is 2.61. The first-order valence-corrected chi connectivity index (χ1v) is 4.40. The number of ether oxygens (including phenoxy) is 2. The van der Waals surface area contributed by atoms with E-state index in [4.69, 9.17) is 9.47 Å². The van der Waals surface area contributed by atoms with Gasteiger partial charge in [0.25, 0.3) is 0 Å². The number of hydrogen-bond acceptors (Lipinski definition) is 2. The third-order valence-electron chi connectivity index (χ3n) is 0.780. The summed E-state index contributed by atoms with van der Waals surface area (Å²) >= 11 is 0. The molecule has 0 saturated carbocycles. The molecule has 0 saturated heterocycles. The minimum absolute atomic E-state index is 0.724. The molecule has 0 N–H and O–H groups in total. The van der Waals surface area contributed by atoms with Crippen molar-refractivity contribution in [1.82, 2.24) is 0 Å². The topological polar surface area (TPSA) is 18.5 Å². The van der Waals surface area contributed by atoms with Crippen molar-refractivity contribution in [2.45, 2.75) is 6.04 Å². The van der Waals surface area contributed by atoms with Crippen molar-refractivity contribution < 1.29 is 9.47 Å². The van der Waals surface area contributed by atoms with Gasteiger partial charge in [0.1, 0.15) is 0 Å². The van der Waals surface area contributed by atoms with Gasteiger partial charge in [-0.3, -0.25) is 0 Å². The Balaban J connectivity index is 2.53. The van der Waals surface area contributed by atoms with Crippen LogP contribution in [-0.4, -0.2) is 37.2 Å². The molecule has 0 aromatic rings. The molecule has 0 aliphatic carbocycles. The van der Waals surface area contributed by atoms with Crippen molar-refractivity contribution in [1.29, 1.82) is 0 Å². The van der Waals surface area contributed by atoms with Crippen molar-refractivity contribution in [3.05, 3.63) is 0 Å². The third-order valence-corrected chi connectivity index (χ3v) is 1.19. The normalized spacial score (nSPS) is 10.1. The second-order valence-electron chi connectivity index (χ2n) is 1.61. The zero-order valence-corrected chi connectivity index (χ0v) is 7.64. The summed E-state index contributed by atoms with van der Waals surface area (Å²) in [6.07, 6.45) is 0. The van der Waals surface area contributed by atoms with Crippen molar-refractivity contribution in [3.8, 4) is 0 Å². The molecule has 0 spiro atoms. The third kappa shape index (κ3) is 6.14. The SMILES string of the molecule is COCCOCC[SiH3]. The van der Waals surface area contributed by atoms with Crippen LogP contribution >= 0.6 is 0 Å². The minimum Gasteiger partial charge on any atom is -0.382 e. The molecule has 0 fully saturated rings. The monoisotopic (exact) mass is 134 g/mol. The van der Waals surface area contributed by atoms with Gasteiger partial charge in [-0.25, -0.2) is 0 Å². The molecule has 0 atom stereocenters. The van der Waals surface area contributed by atoms with Crippen LogP contribution in [0.15, 0.2) is 0 Å². The first-order chi connectivity index (χ1) is 3.91. The smallest absolute Gasteiger partial charge is 0.0700 e. The fourth-order valence-corrected chi connectivity index (χ4v) is 0.677. The summed E-state index contributed by atoms with van der Waals surface area (Å²) in [5, 5.41) is 0. The van der Waals surface area contributed by atoms with E-state index in [9.17, 15) is 0 Å². The quantitative estimate of drug-likeness (QED) is 0.370. The van der Waals surface area contributed by atoms with E-state index in [-0.39, 0.29) is 0 Å². The van der Waals surface area contributed by atoms with Gasteiger partial charge in [-0.05, 0) is 6.04 Å². The Labute approximate surface area is 53.6 Å². The fourth-order valence-electron chi connectivity index (χ4n) is 0.389. The molecule has 0 heterocycles. The Bertz CT molecular complexity index is 35.4. The van der Waals surface area contributed by atoms with E-state index < -0.39 is 0 Å². The molecule has 0 aliphatic heterocycles. The summed E-state index contributed by atoms with van der Waals surface area (Å²) in [7, 11) is 2.93. The average molecular weight is 134 g/mol. The van der Waals surface area contributed by atoms with E-state index >= 15 is 0 Å². The van der Waals surface area contributed by atoms with Gasteiger partial charge in [0.2, 0.25) is 0 Å². The Morgan fingerprint density at radius 1 is 1.25 bits per heavy atom. The summed E-state index contributed by atoms with van der Waals surface area (Å²) in [6.45, 7) is 2.38. The van der Waals surface area contributed by atoms with Crippen LogP contribution in [0.3, 0.4) is 0 Å². The van der Waals surface area contributed by atoms with Crippen LogP contribution in [0.4, 0.5) is 0 Å². The molecule has 0 bridgehead atoms. The van der Waals surface area contributed by atoms with E-state index in [2.05, 4.69) is 0 Å². The lowest BCUT2D eigenvalue weighted by Crippen LogP contribution is -2.02. The molecule has 0 rings (SSSR count). The van der Waals surface area contributed by atoms with E-state index in [1.54, 1.807) is 7.11 Å². The first kappa shape index (κ1) is 8.14. The molecular weight excluding hydrogens is 120 g/mol. The highest BCUT2D eigenvalue weighted by molar-refractivity contribution is 6.08. The van der Waals surface area contributed by atoms with Gasteiger partial charge in [0.05, 0.1) is 13.2 Å².